The predicted molar refractivity (Wildman–Crippen MR) is 84.8 cm³/mol. The van der Waals surface area contributed by atoms with E-state index in [4.69, 9.17) is 0 Å². The van der Waals surface area contributed by atoms with Crippen molar-refractivity contribution in [2.24, 2.45) is 0 Å². The number of aromatic nitrogens is 2. The number of nitrogens with one attached hydrogen (secondary N) is 2. The van der Waals surface area contributed by atoms with E-state index in [0.29, 0.717) is 11.3 Å². The van der Waals surface area contributed by atoms with Gasteiger partial charge >= 0.3 is 6.18 Å². The monoisotopic (exact) mass is 328 g/mol. The Morgan fingerprint density at radius 1 is 1.17 bits per heavy atom. The Hall–Kier alpha value is -3.27. The number of hydrogen-bond acceptors (Lipinski definition) is 3. The summed E-state index contributed by atoms with van der Waals surface area (Å²) in [6.07, 6.45) is -3.09. The summed E-state index contributed by atoms with van der Waals surface area (Å²) in [4.78, 5) is 7.28. The van der Waals surface area contributed by atoms with Crippen LogP contribution in [0.25, 0.3) is 16.6 Å². The lowest BCUT2D eigenvalue weighted by Gasteiger charge is -2.08. The molecule has 0 aliphatic heterocycles. The largest absolute Gasteiger partial charge is 0.416 e. The number of aromatic amines is 1. The first-order valence-electron chi connectivity index (χ1n) is 6.96. The topological polar surface area (TPSA) is 64.5 Å². The van der Waals surface area contributed by atoms with E-state index in [-0.39, 0.29) is 11.3 Å². The molecule has 4 nitrogen and oxygen atoms in total. The average Bonchev–Trinajstić information content (AvgIpc) is 2.99. The van der Waals surface area contributed by atoms with Crippen molar-refractivity contribution < 1.29 is 13.2 Å². The van der Waals surface area contributed by atoms with Gasteiger partial charge in [0.1, 0.15) is 11.6 Å². The number of alkyl halides is 3. The molecule has 1 heterocycles. The normalized spacial score (nSPS) is 12.2. The third-order valence-electron chi connectivity index (χ3n) is 3.34. The number of imidazole rings is 1. The summed E-state index contributed by atoms with van der Waals surface area (Å²) in [6.45, 7) is 0. The van der Waals surface area contributed by atoms with E-state index < -0.39 is 11.7 Å². The molecule has 0 atom stereocenters. The molecule has 24 heavy (non-hydrogen) atoms. The number of nitrogens with zero attached hydrogens (tertiary/aromatic N) is 2. The number of allylic oxidation sites excluding steroid dienone is 1. The first kappa shape index (κ1) is 15.6. The summed E-state index contributed by atoms with van der Waals surface area (Å²) in [5.74, 6) is 0.346. The molecule has 0 bridgehead atoms. The van der Waals surface area contributed by atoms with Gasteiger partial charge in [-0.25, -0.2) is 4.98 Å². The van der Waals surface area contributed by atoms with Crippen molar-refractivity contribution in [3.05, 3.63) is 66.1 Å². The van der Waals surface area contributed by atoms with Crippen LogP contribution in [0.1, 0.15) is 11.4 Å². The second-order valence-corrected chi connectivity index (χ2v) is 5.00. The van der Waals surface area contributed by atoms with Gasteiger partial charge in [0, 0.05) is 11.9 Å². The van der Waals surface area contributed by atoms with E-state index in [1.165, 1.54) is 18.3 Å². The van der Waals surface area contributed by atoms with Crippen molar-refractivity contribution in [3.63, 3.8) is 0 Å². The molecule has 120 valence electrons. The third kappa shape index (κ3) is 3.22. The molecule has 3 rings (SSSR count). The van der Waals surface area contributed by atoms with Gasteiger partial charge in [-0.15, -0.1) is 0 Å². The quantitative estimate of drug-likeness (QED) is 0.693. The van der Waals surface area contributed by atoms with Crippen molar-refractivity contribution in [2.75, 3.05) is 5.32 Å². The minimum absolute atomic E-state index is 0.184. The number of anilines is 1. The van der Waals surface area contributed by atoms with Gasteiger partial charge in [0.05, 0.1) is 16.6 Å². The molecule has 0 fully saturated rings. The molecular weight excluding hydrogens is 317 g/mol. The molecule has 0 aliphatic rings. The number of para-hydroxylation sites is 2. The minimum atomic E-state index is -4.42. The summed E-state index contributed by atoms with van der Waals surface area (Å²) in [5, 5.41) is 12.0. The Balaban J connectivity index is 1.88. The number of H-pyrrole nitrogens is 1. The van der Waals surface area contributed by atoms with Gasteiger partial charge in [-0.1, -0.05) is 18.2 Å². The van der Waals surface area contributed by atoms with Crippen LogP contribution in [0.3, 0.4) is 0 Å². The summed E-state index contributed by atoms with van der Waals surface area (Å²) in [5.41, 5.74) is 1.13. The lowest BCUT2D eigenvalue weighted by molar-refractivity contribution is -0.137. The first-order chi connectivity index (χ1) is 11.5. The molecule has 0 saturated heterocycles. The molecule has 0 aliphatic carbocycles. The van der Waals surface area contributed by atoms with Gasteiger partial charge < -0.3 is 10.3 Å². The lowest BCUT2D eigenvalue weighted by Crippen LogP contribution is -2.05. The van der Waals surface area contributed by atoms with Crippen LogP contribution in [0, 0.1) is 11.3 Å². The van der Waals surface area contributed by atoms with E-state index in [2.05, 4.69) is 15.3 Å². The number of hydrogen-bond donors (Lipinski definition) is 2. The Kier molecular flexibility index (Phi) is 3.96. The second-order valence-electron chi connectivity index (χ2n) is 5.00. The molecular formula is C17H11F3N4. The van der Waals surface area contributed by atoms with E-state index in [9.17, 15) is 18.4 Å². The molecule has 0 radical (unpaired) electrons. The van der Waals surface area contributed by atoms with Gasteiger partial charge in [-0.05, 0) is 30.3 Å². The Morgan fingerprint density at radius 3 is 2.67 bits per heavy atom. The molecule has 3 aromatic rings. The summed E-state index contributed by atoms with van der Waals surface area (Å²) >= 11 is 0. The van der Waals surface area contributed by atoms with Crippen LogP contribution in [0.4, 0.5) is 18.9 Å². The highest BCUT2D eigenvalue weighted by Gasteiger charge is 2.30. The highest BCUT2D eigenvalue weighted by Crippen LogP contribution is 2.30. The number of rotatable bonds is 3. The minimum Gasteiger partial charge on any atom is -0.360 e. The summed E-state index contributed by atoms with van der Waals surface area (Å²) < 4.78 is 38.1. The number of halogens is 3. The molecule has 1 aromatic heterocycles. The lowest BCUT2D eigenvalue weighted by atomic mass is 10.2. The maximum atomic E-state index is 12.7. The average molecular weight is 328 g/mol. The second kappa shape index (κ2) is 6.08. The standard InChI is InChI=1S/C17H11F3N4/c18-17(19,20)12-4-3-5-13(8-12)22-10-11(9-21)16-23-14-6-1-2-7-15(14)24-16/h1-8,10,22H,(H,23,24). The van der Waals surface area contributed by atoms with Crippen molar-refractivity contribution in [1.82, 2.24) is 9.97 Å². The van der Waals surface area contributed by atoms with Crippen LogP contribution in [0.2, 0.25) is 0 Å². The molecule has 0 amide bonds. The summed E-state index contributed by atoms with van der Waals surface area (Å²) in [6, 6.07) is 14.0. The smallest absolute Gasteiger partial charge is 0.360 e. The van der Waals surface area contributed by atoms with E-state index in [0.717, 1.165) is 17.6 Å². The molecule has 2 N–H and O–H groups in total. The van der Waals surface area contributed by atoms with Crippen molar-refractivity contribution in [3.8, 4) is 6.07 Å². The van der Waals surface area contributed by atoms with Gasteiger partial charge in [0.25, 0.3) is 0 Å². The van der Waals surface area contributed by atoms with E-state index >= 15 is 0 Å². The SMILES string of the molecule is N#CC(=CNc1cccc(C(F)(F)F)c1)c1nc2ccccc2[nH]1. The molecule has 0 unspecified atom stereocenters. The van der Waals surface area contributed by atoms with Crippen LogP contribution in [-0.4, -0.2) is 9.97 Å². The van der Waals surface area contributed by atoms with Crippen LogP contribution < -0.4 is 5.32 Å². The predicted octanol–water partition coefficient (Wildman–Crippen LogP) is 4.56. The highest BCUT2D eigenvalue weighted by molar-refractivity contribution is 5.82. The Bertz CT molecular complexity index is 915. The third-order valence-corrected chi connectivity index (χ3v) is 3.34. The molecule has 7 heteroatoms. The van der Waals surface area contributed by atoms with Crippen LogP contribution in [0.5, 0.6) is 0 Å². The molecule has 2 aromatic carbocycles. The van der Waals surface area contributed by atoms with Crippen molar-refractivity contribution >= 4 is 22.3 Å². The van der Waals surface area contributed by atoms with Gasteiger partial charge in [-0.3, -0.25) is 0 Å². The number of benzene rings is 2. The highest BCUT2D eigenvalue weighted by atomic mass is 19.4. The number of fused-ring (bicyclic) bond motifs is 1. The Morgan fingerprint density at radius 2 is 1.96 bits per heavy atom. The fourth-order valence-corrected chi connectivity index (χ4v) is 2.17. The summed E-state index contributed by atoms with van der Waals surface area (Å²) in [7, 11) is 0. The van der Waals surface area contributed by atoms with Crippen molar-refractivity contribution in [1.29, 1.82) is 5.26 Å². The van der Waals surface area contributed by atoms with Crippen molar-refractivity contribution in [2.45, 2.75) is 6.18 Å². The van der Waals surface area contributed by atoms with Gasteiger partial charge in [0.2, 0.25) is 0 Å². The zero-order valence-electron chi connectivity index (χ0n) is 12.2. The van der Waals surface area contributed by atoms with Gasteiger partial charge in [-0.2, -0.15) is 18.4 Å². The number of nitriles is 1. The van der Waals surface area contributed by atoms with E-state index in [1.54, 1.807) is 6.07 Å². The molecule has 0 spiro atoms. The zero-order chi connectivity index (χ0) is 17.2. The zero-order valence-corrected chi connectivity index (χ0v) is 12.2. The molecule has 0 saturated carbocycles. The van der Waals surface area contributed by atoms with E-state index in [1.807, 2.05) is 24.3 Å². The Labute approximate surface area is 135 Å². The maximum Gasteiger partial charge on any atom is 0.416 e. The van der Waals surface area contributed by atoms with Gasteiger partial charge in [0.15, 0.2) is 5.82 Å². The van der Waals surface area contributed by atoms with Crippen LogP contribution >= 0.6 is 0 Å². The van der Waals surface area contributed by atoms with Crippen LogP contribution in [-0.2, 0) is 6.18 Å². The van der Waals surface area contributed by atoms with Crippen LogP contribution in [0.15, 0.2) is 54.7 Å². The fraction of sp³-hybridized carbons (Fsp3) is 0.0588. The first-order valence-corrected chi connectivity index (χ1v) is 6.96. The fourth-order valence-electron chi connectivity index (χ4n) is 2.17. The maximum absolute atomic E-state index is 12.7.